The van der Waals surface area contributed by atoms with E-state index in [1.807, 2.05) is 0 Å². The average molecular weight is 253 g/mol. The van der Waals surface area contributed by atoms with Gasteiger partial charge < -0.3 is 4.43 Å². The fourth-order valence-corrected chi connectivity index (χ4v) is 3.61. The van der Waals surface area contributed by atoms with Crippen molar-refractivity contribution in [3.63, 3.8) is 0 Å². The summed E-state index contributed by atoms with van der Waals surface area (Å²) in [6, 6.07) is 0. The summed E-state index contributed by atoms with van der Waals surface area (Å²) in [5.74, 6) is 1.34. The van der Waals surface area contributed by atoms with Gasteiger partial charge >= 0.3 is 0 Å². The third-order valence-electron chi connectivity index (χ3n) is 2.96. The summed E-state index contributed by atoms with van der Waals surface area (Å²) in [5, 5.41) is 1.04. The van der Waals surface area contributed by atoms with Gasteiger partial charge in [-0.05, 0) is 11.8 Å². The van der Waals surface area contributed by atoms with Crippen LogP contribution in [0.15, 0.2) is 0 Å². The quantitative estimate of drug-likeness (QED) is 0.537. The summed E-state index contributed by atoms with van der Waals surface area (Å²) in [5.41, 5.74) is 0.321. The molecule has 0 amide bonds. The maximum Gasteiger partial charge on any atom is 0.145 e. The Hall–Kier alpha value is 0.657. The summed E-state index contributed by atoms with van der Waals surface area (Å²) >= 11 is 3.61. The highest BCUT2D eigenvalue weighted by molar-refractivity contribution is 9.09. The van der Waals surface area contributed by atoms with E-state index in [1.165, 1.54) is 0 Å². The minimum atomic E-state index is 0.321. The van der Waals surface area contributed by atoms with Crippen molar-refractivity contribution in [3.05, 3.63) is 0 Å². The van der Waals surface area contributed by atoms with E-state index in [2.05, 4.69) is 43.6 Å². The minimum Gasteiger partial charge on any atom is -0.427 e. The second kappa shape index (κ2) is 5.40. The molecule has 0 unspecified atom stereocenters. The van der Waals surface area contributed by atoms with Gasteiger partial charge in [0.25, 0.3) is 0 Å². The van der Waals surface area contributed by atoms with Crippen LogP contribution in [0, 0.1) is 17.3 Å². The zero-order valence-corrected chi connectivity index (χ0v) is 12.4. The molecule has 0 bridgehead atoms. The van der Waals surface area contributed by atoms with Crippen LogP contribution in [0.3, 0.4) is 0 Å². The Bertz CT molecular complexity index is 118. The van der Waals surface area contributed by atoms with E-state index in [0.717, 1.165) is 22.4 Å². The Morgan fingerprint density at radius 3 is 1.75 bits per heavy atom. The second-order valence-corrected chi connectivity index (χ2v) is 5.25. The fourth-order valence-electron chi connectivity index (χ4n) is 1.62. The Labute approximate surface area is 87.9 Å². The van der Waals surface area contributed by atoms with Crippen LogP contribution in [0.2, 0.25) is 0 Å². The molecule has 0 rings (SSSR count). The molecule has 0 fully saturated rings. The number of hydrogen-bond acceptors (Lipinski definition) is 1. The molecular weight excluding hydrogens is 232 g/mol. The third kappa shape index (κ3) is 2.57. The molecule has 0 heterocycles. The first-order valence-corrected chi connectivity index (χ1v) is 6.50. The van der Waals surface area contributed by atoms with Gasteiger partial charge in [0.2, 0.25) is 0 Å². The van der Waals surface area contributed by atoms with E-state index in [-0.39, 0.29) is 0 Å². The first-order chi connectivity index (χ1) is 5.51. The predicted octanol–water partition coefficient (Wildman–Crippen LogP) is 1.98. The van der Waals surface area contributed by atoms with Crippen LogP contribution in [0.5, 0.6) is 0 Å². The molecule has 0 aromatic carbocycles. The summed E-state index contributed by atoms with van der Waals surface area (Å²) in [7, 11) is 0.845. The van der Waals surface area contributed by atoms with Crippen LogP contribution in [0.25, 0.3) is 0 Å². The third-order valence-corrected chi connectivity index (χ3v) is 4.29. The van der Waals surface area contributed by atoms with E-state index < -0.39 is 0 Å². The lowest BCUT2D eigenvalue weighted by Crippen LogP contribution is -2.39. The van der Waals surface area contributed by atoms with E-state index >= 15 is 0 Å². The lowest BCUT2D eigenvalue weighted by molar-refractivity contribution is 0.0728. The number of halogens is 1. The summed E-state index contributed by atoms with van der Waals surface area (Å²) in [4.78, 5) is 0. The maximum atomic E-state index is 5.43. The largest absolute Gasteiger partial charge is 0.427 e. The Kier molecular flexibility index (Phi) is 5.70. The molecule has 12 heavy (non-hydrogen) atoms. The van der Waals surface area contributed by atoms with Crippen molar-refractivity contribution >= 4 is 26.4 Å². The number of alkyl halides is 1. The molecule has 0 N–H and O–H groups in total. The lowest BCUT2D eigenvalue weighted by atomic mass is 9.71. The highest BCUT2D eigenvalue weighted by Crippen LogP contribution is 2.37. The minimum absolute atomic E-state index is 0.321. The van der Waals surface area contributed by atoms with Crippen molar-refractivity contribution in [2.45, 2.75) is 27.7 Å². The zero-order valence-electron chi connectivity index (χ0n) is 8.86. The van der Waals surface area contributed by atoms with Crippen molar-refractivity contribution < 1.29 is 4.43 Å². The summed E-state index contributed by atoms with van der Waals surface area (Å²) in [6.07, 6.45) is 0. The molecule has 0 aliphatic rings. The Balaban J connectivity index is 4.51. The summed E-state index contributed by atoms with van der Waals surface area (Å²) in [6.45, 7) is 10.0. The van der Waals surface area contributed by atoms with E-state index in [0.29, 0.717) is 17.3 Å². The van der Waals surface area contributed by atoms with Gasteiger partial charge in [0.05, 0.1) is 0 Å². The smallest absolute Gasteiger partial charge is 0.145 e. The molecule has 0 aliphatic heterocycles. The SMILES string of the molecule is CC(C)C(CBr)(CO[SiH3])C(C)C. The molecular formula is C9H21BrOSi. The monoisotopic (exact) mass is 252 g/mol. The molecule has 3 heteroatoms. The molecule has 1 nitrogen and oxygen atoms in total. The van der Waals surface area contributed by atoms with Crippen LogP contribution >= 0.6 is 15.9 Å². The van der Waals surface area contributed by atoms with Crippen molar-refractivity contribution in [1.82, 2.24) is 0 Å². The van der Waals surface area contributed by atoms with Gasteiger partial charge in [0.1, 0.15) is 10.5 Å². The summed E-state index contributed by atoms with van der Waals surface area (Å²) < 4.78 is 5.43. The normalized spacial score (nSPS) is 13.2. The van der Waals surface area contributed by atoms with Gasteiger partial charge in [-0.3, -0.25) is 0 Å². The van der Waals surface area contributed by atoms with Crippen molar-refractivity contribution in [2.24, 2.45) is 17.3 Å². The van der Waals surface area contributed by atoms with Gasteiger partial charge in [-0.15, -0.1) is 0 Å². The van der Waals surface area contributed by atoms with Gasteiger partial charge in [-0.2, -0.15) is 0 Å². The predicted molar refractivity (Wildman–Crippen MR) is 61.8 cm³/mol. The van der Waals surface area contributed by atoms with E-state index in [9.17, 15) is 0 Å². The topological polar surface area (TPSA) is 9.23 Å². The molecule has 0 aromatic heterocycles. The van der Waals surface area contributed by atoms with Gasteiger partial charge in [-0.1, -0.05) is 43.6 Å². The van der Waals surface area contributed by atoms with Crippen LogP contribution in [-0.4, -0.2) is 22.4 Å². The first kappa shape index (κ1) is 12.7. The van der Waals surface area contributed by atoms with Crippen molar-refractivity contribution in [3.8, 4) is 0 Å². The maximum absolute atomic E-state index is 5.43. The highest BCUT2D eigenvalue weighted by Gasteiger charge is 2.35. The number of rotatable bonds is 5. The van der Waals surface area contributed by atoms with Gasteiger partial charge in [0, 0.05) is 17.4 Å². The number of hydrogen-bond donors (Lipinski definition) is 0. The van der Waals surface area contributed by atoms with Crippen LogP contribution in [-0.2, 0) is 4.43 Å². The molecule has 74 valence electrons. The first-order valence-electron chi connectivity index (χ1n) is 4.56. The lowest BCUT2D eigenvalue weighted by Gasteiger charge is -2.39. The van der Waals surface area contributed by atoms with Crippen molar-refractivity contribution in [1.29, 1.82) is 0 Å². The van der Waals surface area contributed by atoms with Crippen LogP contribution < -0.4 is 0 Å². The second-order valence-electron chi connectivity index (χ2n) is 4.11. The zero-order chi connectivity index (χ0) is 9.78. The molecule has 0 atom stereocenters. The van der Waals surface area contributed by atoms with Crippen LogP contribution in [0.4, 0.5) is 0 Å². The highest BCUT2D eigenvalue weighted by atomic mass is 79.9. The molecule has 0 aliphatic carbocycles. The standard InChI is InChI=1S/C9H21BrOSi/c1-7(2)9(5-10,6-11-12)8(3)4/h7-8H,5-6H2,1-4,12H3. The van der Waals surface area contributed by atoms with Crippen LogP contribution in [0.1, 0.15) is 27.7 Å². The van der Waals surface area contributed by atoms with E-state index in [1.54, 1.807) is 0 Å². The molecule has 0 saturated carbocycles. The fraction of sp³-hybridized carbons (Fsp3) is 1.00. The molecule has 0 saturated heterocycles. The van der Waals surface area contributed by atoms with Gasteiger partial charge in [-0.25, -0.2) is 0 Å². The molecule has 0 spiro atoms. The molecule has 0 radical (unpaired) electrons. The van der Waals surface area contributed by atoms with E-state index in [4.69, 9.17) is 4.43 Å². The Morgan fingerprint density at radius 2 is 1.67 bits per heavy atom. The Morgan fingerprint density at radius 1 is 1.25 bits per heavy atom. The molecule has 0 aromatic rings. The van der Waals surface area contributed by atoms with Gasteiger partial charge in [0.15, 0.2) is 0 Å². The van der Waals surface area contributed by atoms with Crippen molar-refractivity contribution in [2.75, 3.05) is 11.9 Å². The average Bonchev–Trinajstić information content (AvgIpc) is 1.98.